The van der Waals surface area contributed by atoms with Gasteiger partial charge in [-0.3, -0.25) is 9.67 Å². The van der Waals surface area contributed by atoms with Gasteiger partial charge in [0.2, 0.25) is 0 Å². The molecule has 2 N–H and O–H groups in total. The molecule has 0 aliphatic heterocycles. The molecule has 0 amide bonds. The lowest BCUT2D eigenvalue weighted by Gasteiger charge is -2.12. The second-order valence-corrected chi connectivity index (χ2v) is 3.66. The van der Waals surface area contributed by atoms with Crippen LogP contribution in [0.4, 0.5) is 11.4 Å². The van der Waals surface area contributed by atoms with Gasteiger partial charge in [-0.05, 0) is 24.3 Å². The summed E-state index contributed by atoms with van der Waals surface area (Å²) in [7, 11) is 0. The lowest BCUT2D eigenvalue weighted by molar-refractivity contribution is 0.487. The van der Waals surface area contributed by atoms with E-state index < -0.39 is 0 Å². The third kappa shape index (κ3) is 2.75. The summed E-state index contributed by atoms with van der Waals surface area (Å²) >= 11 is 11.2. The molecular formula is C12H10Cl2N2O. The number of para-hydroxylation sites is 4. The van der Waals surface area contributed by atoms with Crippen molar-refractivity contribution in [2.75, 3.05) is 9.67 Å². The number of rotatable bonds is 4. The zero-order valence-electron chi connectivity index (χ0n) is 8.78. The monoisotopic (exact) mass is 268 g/mol. The van der Waals surface area contributed by atoms with Crippen LogP contribution in [0.1, 0.15) is 0 Å². The second kappa shape index (κ2) is 5.66. The highest BCUT2D eigenvalue weighted by molar-refractivity contribution is 6.24. The van der Waals surface area contributed by atoms with E-state index in [1.807, 2.05) is 48.5 Å². The SMILES string of the molecule is ClNc1ccccc1Oc1ccccc1NCl. The van der Waals surface area contributed by atoms with Gasteiger partial charge in [0.1, 0.15) is 0 Å². The van der Waals surface area contributed by atoms with Crippen LogP contribution in [0.2, 0.25) is 0 Å². The third-order valence-corrected chi connectivity index (χ3v) is 2.60. The van der Waals surface area contributed by atoms with Crippen molar-refractivity contribution < 1.29 is 4.74 Å². The van der Waals surface area contributed by atoms with Gasteiger partial charge in [0.15, 0.2) is 11.5 Å². The van der Waals surface area contributed by atoms with Gasteiger partial charge in [-0.1, -0.05) is 24.3 Å². The first-order chi connectivity index (χ1) is 8.35. The molecule has 0 unspecified atom stereocenters. The Labute approximate surface area is 110 Å². The Morgan fingerprint density at radius 3 is 1.53 bits per heavy atom. The normalized spacial score (nSPS) is 9.76. The number of benzene rings is 2. The van der Waals surface area contributed by atoms with Gasteiger partial charge < -0.3 is 4.74 Å². The summed E-state index contributed by atoms with van der Waals surface area (Å²) in [4.78, 5) is 5.09. The standard InChI is InChI=1S/C12H10Cl2N2O/c13-15-9-5-1-3-7-11(9)17-12-8-4-2-6-10(12)16-14/h1-8,15-16H. The van der Waals surface area contributed by atoms with Crippen LogP contribution >= 0.6 is 23.6 Å². The average molecular weight is 269 g/mol. The van der Waals surface area contributed by atoms with Gasteiger partial charge in [0.05, 0.1) is 11.4 Å². The molecule has 2 aromatic carbocycles. The zero-order valence-corrected chi connectivity index (χ0v) is 10.3. The fourth-order valence-electron chi connectivity index (χ4n) is 1.39. The summed E-state index contributed by atoms with van der Waals surface area (Å²) in [5, 5.41) is 0. The predicted molar refractivity (Wildman–Crippen MR) is 71.9 cm³/mol. The first kappa shape index (κ1) is 11.9. The fraction of sp³-hybridized carbons (Fsp3) is 0. The van der Waals surface area contributed by atoms with Crippen molar-refractivity contribution in [2.45, 2.75) is 0 Å². The van der Waals surface area contributed by atoms with E-state index in [-0.39, 0.29) is 0 Å². The van der Waals surface area contributed by atoms with Crippen LogP contribution in [0.5, 0.6) is 11.5 Å². The van der Waals surface area contributed by atoms with Crippen LogP contribution in [0.3, 0.4) is 0 Å². The van der Waals surface area contributed by atoms with Crippen molar-refractivity contribution in [2.24, 2.45) is 0 Å². The minimum absolute atomic E-state index is 0.627. The highest BCUT2D eigenvalue weighted by Crippen LogP contribution is 2.34. The lowest BCUT2D eigenvalue weighted by Crippen LogP contribution is -1.92. The highest BCUT2D eigenvalue weighted by atomic mass is 35.5. The van der Waals surface area contributed by atoms with Crippen molar-refractivity contribution in [1.29, 1.82) is 0 Å². The summed E-state index contributed by atoms with van der Waals surface area (Å²) < 4.78 is 5.73. The predicted octanol–water partition coefficient (Wildman–Crippen LogP) is 4.61. The molecule has 0 saturated heterocycles. The minimum Gasteiger partial charge on any atom is -0.453 e. The van der Waals surface area contributed by atoms with E-state index in [4.69, 9.17) is 28.3 Å². The van der Waals surface area contributed by atoms with Crippen molar-refractivity contribution in [1.82, 2.24) is 0 Å². The third-order valence-electron chi connectivity index (χ3n) is 2.20. The summed E-state index contributed by atoms with van der Waals surface area (Å²) in [6.07, 6.45) is 0. The highest BCUT2D eigenvalue weighted by Gasteiger charge is 2.06. The Kier molecular flexibility index (Phi) is 3.96. The maximum Gasteiger partial charge on any atom is 0.151 e. The van der Waals surface area contributed by atoms with Gasteiger partial charge in [-0.25, -0.2) is 0 Å². The first-order valence-electron chi connectivity index (χ1n) is 4.94. The molecule has 5 heteroatoms. The summed E-state index contributed by atoms with van der Waals surface area (Å²) in [5.41, 5.74) is 1.39. The smallest absolute Gasteiger partial charge is 0.151 e. The van der Waals surface area contributed by atoms with Crippen LogP contribution in [-0.4, -0.2) is 0 Å². The van der Waals surface area contributed by atoms with E-state index in [2.05, 4.69) is 9.67 Å². The molecular weight excluding hydrogens is 259 g/mol. The molecule has 3 nitrogen and oxygen atoms in total. The Morgan fingerprint density at radius 2 is 1.12 bits per heavy atom. The van der Waals surface area contributed by atoms with Crippen molar-refractivity contribution >= 4 is 34.9 Å². The number of nitrogens with one attached hydrogen (secondary N) is 2. The molecule has 0 fully saturated rings. The van der Waals surface area contributed by atoms with E-state index in [9.17, 15) is 0 Å². The Bertz CT molecular complexity index is 460. The Hall–Kier alpha value is -1.58. The summed E-state index contributed by atoms with van der Waals surface area (Å²) in [5.74, 6) is 1.25. The Balaban J connectivity index is 2.31. The lowest BCUT2D eigenvalue weighted by atomic mass is 10.3. The van der Waals surface area contributed by atoms with Crippen molar-refractivity contribution in [3.63, 3.8) is 0 Å². The van der Waals surface area contributed by atoms with Gasteiger partial charge >= 0.3 is 0 Å². The molecule has 0 spiro atoms. The minimum atomic E-state index is 0.627. The van der Waals surface area contributed by atoms with Crippen LogP contribution < -0.4 is 14.4 Å². The largest absolute Gasteiger partial charge is 0.453 e. The molecule has 2 rings (SSSR count). The average Bonchev–Trinajstić information content (AvgIpc) is 2.40. The molecule has 0 aliphatic carbocycles. The molecule has 0 bridgehead atoms. The molecule has 0 saturated carbocycles. The molecule has 2 aromatic rings. The molecule has 0 atom stereocenters. The van der Waals surface area contributed by atoms with Crippen LogP contribution in [0, 0.1) is 0 Å². The number of ether oxygens (including phenoxy) is 1. The maximum atomic E-state index is 5.73. The molecule has 17 heavy (non-hydrogen) atoms. The van der Waals surface area contributed by atoms with Gasteiger partial charge in [-0.2, -0.15) is 0 Å². The maximum absolute atomic E-state index is 5.73. The Morgan fingerprint density at radius 1 is 0.706 bits per heavy atom. The van der Waals surface area contributed by atoms with Crippen molar-refractivity contribution in [3.8, 4) is 11.5 Å². The molecule has 0 aliphatic rings. The number of anilines is 2. The zero-order chi connectivity index (χ0) is 12.1. The van der Waals surface area contributed by atoms with Crippen molar-refractivity contribution in [3.05, 3.63) is 48.5 Å². The van der Waals surface area contributed by atoms with E-state index in [1.165, 1.54) is 0 Å². The van der Waals surface area contributed by atoms with Gasteiger partial charge in [0, 0.05) is 23.6 Å². The topological polar surface area (TPSA) is 33.3 Å². The van der Waals surface area contributed by atoms with Crippen LogP contribution in [-0.2, 0) is 0 Å². The molecule has 88 valence electrons. The van der Waals surface area contributed by atoms with Gasteiger partial charge in [-0.15, -0.1) is 0 Å². The van der Waals surface area contributed by atoms with Crippen LogP contribution in [0.15, 0.2) is 48.5 Å². The number of hydrogen-bond donors (Lipinski definition) is 2. The van der Waals surface area contributed by atoms with E-state index in [1.54, 1.807) is 0 Å². The molecule has 0 aromatic heterocycles. The summed E-state index contributed by atoms with van der Waals surface area (Å²) in [6.45, 7) is 0. The first-order valence-corrected chi connectivity index (χ1v) is 5.70. The quantitative estimate of drug-likeness (QED) is 0.795. The van der Waals surface area contributed by atoms with E-state index >= 15 is 0 Å². The summed E-state index contributed by atoms with van der Waals surface area (Å²) in [6, 6.07) is 14.7. The second-order valence-electron chi connectivity index (χ2n) is 3.28. The number of halogens is 2. The van der Waals surface area contributed by atoms with E-state index in [0.717, 1.165) is 0 Å². The molecule has 0 heterocycles. The molecule has 0 radical (unpaired) electrons. The van der Waals surface area contributed by atoms with Gasteiger partial charge in [0.25, 0.3) is 0 Å². The fourth-order valence-corrected chi connectivity index (χ4v) is 1.70. The van der Waals surface area contributed by atoms with E-state index in [0.29, 0.717) is 22.9 Å². The number of hydrogen-bond acceptors (Lipinski definition) is 3. The van der Waals surface area contributed by atoms with Crippen LogP contribution in [0.25, 0.3) is 0 Å².